The molecule has 3 rings (SSSR count). The lowest BCUT2D eigenvalue weighted by atomic mass is 10.1. The molecule has 0 aliphatic rings. The maximum Gasteiger partial charge on any atom is 0.352 e. The third-order valence-electron chi connectivity index (χ3n) is 3.67. The van der Waals surface area contributed by atoms with Crippen LogP contribution in [0.3, 0.4) is 0 Å². The first-order valence-electron chi connectivity index (χ1n) is 7.58. The minimum absolute atomic E-state index is 0.123. The van der Waals surface area contributed by atoms with Gasteiger partial charge in [0, 0.05) is 21.7 Å². The van der Waals surface area contributed by atoms with E-state index in [1.54, 1.807) is 30.3 Å². The number of H-pyrrole nitrogens is 1. The number of rotatable bonds is 4. The van der Waals surface area contributed by atoms with Gasteiger partial charge >= 0.3 is 5.97 Å². The lowest BCUT2D eigenvalue weighted by molar-refractivity contribution is -0.132. The minimum Gasteiger partial charge on any atom is -0.477 e. The number of carbonyl (C=O) groups is 2. The van der Waals surface area contributed by atoms with Gasteiger partial charge in [0.1, 0.15) is 5.70 Å². The van der Waals surface area contributed by atoms with Gasteiger partial charge in [-0.05, 0) is 47.9 Å². The highest BCUT2D eigenvalue weighted by atomic mass is 35.5. The van der Waals surface area contributed by atoms with Crippen molar-refractivity contribution in [2.45, 2.75) is 0 Å². The molecule has 7 heteroatoms. The molecule has 0 radical (unpaired) electrons. The molecule has 0 atom stereocenters. The highest BCUT2D eigenvalue weighted by Gasteiger charge is 2.14. The van der Waals surface area contributed by atoms with Gasteiger partial charge in [-0.3, -0.25) is 9.59 Å². The number of hydrogen-bond donors (Lipinski definition) is 3. The van der Waals surface area contributed by atoms with Crippen LogP contribution in [-0.4, -0.2) is 22.0 Å². The fourth-order valence-corrected chi connectivity index (χ4v) is 2.50. The average Bonchev–Trinajstić information content (AvgIpc) is 2.62. The van der Waals surface area contributed by atoms with Crippen LogP contribution in [0.25, 0.3) is 17.0 Å². The number of nitrogens with one attached hydrogen (secondary N) is 2. The molecule has 26 heavy (non-hydrogen) atoms. The largest absolute Gasteiger partial charge is 0.477 e. The van der Waals surface area contributed by atoms with Crippen molar-refractivity contribution in [1.82, 2.24) is 10.3 Å². The third-order valence-corrected chi connectivity index (χ3v) is 3.92. The van der Waals surface area contributed by atoms with Crippen molar-refractivity contribution < 1.29 is 14.7 Å². The summed E-state index contributed by atoms with van der Waals surface area (Å²) in [6, 6.07) is 14.7. The van der Waals surface area contributed by atoms with Crippen LogP contribution in [0.4, 0.5) is 0 Å². The van der Waals surface area contributed by atoms with Gasteiger partial charge in [0.15, 0.2) is 0 Å². The van der Waals surface area contributed by atoms with Crippen LogP contribution in [0.1, 0.15) is 15.9 Å². The Labute approximate surface area is 152 Å². The van der Waals surface area contributed by atoms with Crippen molar-refractivity contribution in [3.63, 3.8) is 0 Å². The second-order valence-corrected chi connectivity index (χ2v) is 5.90. The Morgan fingerprint density at radius 3 is 2.46 bits per heavy atom. The van der Waals surface area contributed by atoms with E-state index in [9.17, 15) is 19.5 Å². The molecule has 1 heterocycles. The van der Waals surface area contributed by atoms with Crippen molar-refractivity contribution in [1.29, 1.82) is 0 Å². The summed E-state index contributed by atoms with van der Waals surface area (Å²) in [5.74, 6) is -1.98. The van der Waals surface area contributed by atoms with E-state index in [1.807, 2.05) is 0 Å². The van der Waals surface area contributed by atoms with Crippen LogP contribution >= 0.6 is 11.6 Å². The van der Waals surface area contributed by atoms with Crippen molar-refractivity contribution in [2.75, 3.05) is 0 Å². The summed E-state index contributed by atoms with van der Waals surface area (Å²) in [4.78, 5) is 38.5. The van der Waals surface area contributed by atoms with Gasteiger partial charge in [-0.25, -0.2) is 4.79 Å². The lowest BCUT2D eigenvalue weighted by Gasteiger charge is -2.07. The molecule has 0 unspecified atom stereocenters. The number of fused-ring (bicyclic) bond motifs is 1. The van der Waals surface area contributed by atoms with E-state index in [0.717, 1.165) is 11.5 Å². The van der Waals surface area contributed by atoms with Crippen LogP contribution in [0, 0.1) is 0 Å². The van der Waals surface area contributed by atoms with E-state index >= 15 is 0 Å². The van der Waals surface area contributed by atoms with Gasteiger partial charge in [-0.1, -0.05) is 29.8 Å². The number of benzene rings is 2. The first-order chi connectivity index (χ1) is 12.4. The summed E-state index contributed by atoms with van der Waals surface area (Å²) in [6.45, 7) is 0. The molecule has 1 aromatic heterocycles. The molecule has 3 N–H and O–H groups in total. The van der Waals surface area contributed by atoms with Crippen LogP contribution in [0.5, 0.6) is 0 Å². The summed E-state index contributed by atoms with van der Waals surface area (Å²) in [6.07, 6.45) is 1.13. The molecule has 0 fully saturated rings. The zero-order valence-corrected chi connectivity index (χ0v) is 14.1. The molecule has 0 saturated carbocycles. The van der Waals surface area contributed by atoms with Gasteiger partial charge in [0.25, 0.3) is 11.5 Å². The highest BCUT2D eigenvalue weighted by molar-refractivity contribution is 6.30. The smallest absolute Gasteiger partial charge is 0.352 e. The van der Waals surface area contributed by atoms with Crippen molar-refractivity contribution in [3.8, 4) is 0 Å². The number of hydrogen-bond acceptors (Lipinski definition) is 3. The molecule has 3 aromatic rings. The number of carboxylic acids is 1. The Hall–Kier alpha value is -3.38. The van der Waals surface area contributed by atoms with E-state index in [4.69, 9.17) is 11.6 Å². The maximum absolute atomic E-state index is 12.2. The van der Waals surface area contributed by atoms with Crippen molar-refractivity contribution in [3.05, 3.63) is 86.8 Å². The van der Waals surface area contributed by atoms with Crippen LogP contribution in [0.2, 0.25) is 5.02 Å². The molecule has 0 aliphatic heterocycles. The lowest BCUT2D eigenvalue weighted by Crippen LogP contribution is -2.27. The van der Waals surface area contributed by atoms with E-state index in [0.29, 0.717) is 10.5 Å². The number of aromatic amines is 1. The quantitative estimate of drug-likeness (QED) is 0.616. The van der Waals surface area contributed by atoms with E-state index in [1.165, 1.54) is 24.3 Å². The minimum atomic E-state index is -1.36. The number of halogens is 1. The van der Waals surface area contributed by atoms with Crippen LogP contribution in [0.15, 0.2) is 65.1 Å². The summed E-state index contributed by atoms with van der Waals surface area (Å²) in [5, 5.41) is 12.9. The predicted molar refractivity (Wildman–Crippen MR) is 99.1 cm³/mol. The number of amides is 1. The normalized spacial score (nSPS) is 11.3. The Kier molecular flexibility index (Phi) is 4.86. The van der Waals surface area contributed by atoms with Crippen LogP contribution < -0.4 is 10.9 Å². The molecular weight excluding hydrogens is 356 g/mol. The maximum atomic E-state index is 12.2. The number of pyridine rings is 1. The first kappa shape index (κ1) is 17.4. The fourth-order valence-electron chi connectivity index (χ4n) is 2.37. The molecule has 1 amide bonds. The molecule has 2 aromatic carbocycles. The molecule has 6 nitrogen and oxygen atoms in total. The third kappa shape index (κ3) is 3.81. The second-order valence-electron chi connectivity index (χ2n) is 5.47. The second kappa shape index (κ2) is 7.25. The molecular formula is C19H13ClN2O4. The van der Waals surface area contributed by atoms with Gasteiger partial charge in [-0.15, -0.1) is 0 Å². The Morgan fingerprint density at radius 1 is 1.08 bits per heavy atom. The molecule has 0 spiro atoms. The molecule has 0 saturated heterocycles. The van der Waals surface area contributed by atoms with Gasteiger partial charge in [0.05, 0.1) is 0 Å². The monoisotopic (exact) mass is 368 g/mol. The predicted octanol–water partition coefficient (Wildman–Crippen LogP) is 3.04. The standard InChI is InChI=1S/C19H13ClN2O4/c20-14-7-5-11(6-8-14)17(23)22-16(19(25)26)10-13-9-12-3-1-2-4-15(12)21-18(13)24/h1-10H,(H,21,24)(H,22,23)(H,25,26). The SMILES string of the molecule is O=C(O)C(=Cc1cc2ccccc2[nH]c1=O)NC(=O)c1ccc(Cl)cc1. The Balaban J connectivity index is 1.96. The number of carboxylic acid groups (broad SMARTS) is 1. The highest BCUT2D eigenvalue weighted by Crippen LogP contribution is 2.13. The van der Waals surface area contributed by atoms with E-state index < -0.39 is 23.1 Å². The zero-order valence-electron chi connectivity index (χ0n) is 13.3. The van der Waals surface area contributed by atoms with Crippen molar-refractivity contribution in [2.24, 2.45) is 0 Å². The molecule has 0 bridgehead atoms. The number of carbonyl (C=O) groups excluding carboxylic acids is 1. The summed E-state index contributed by atoms with van der Waals surface area (Å²) >= 11 is 5.77. The van der Waals surface area contributed by atoms with Gasteiger partial charge in [-0.2, -0.15) is 0 Å². The molecule has 130 valence electrons. The van der Waals surface area contributed by atoms with Gasteiger partial charge in [0.2, 0.25) is 0 Å². The Morgan fingerprint density at radius 2 is 1.77 bits per heavy atom. The number of para-hydroxylation sites is 1. The Bertz CT molecular complexity index is 1080. The topological polar surface area (TPSA) is 99.3 Å². The first-order valence-corrected chi connectivity index (χ1v) is 7.96. The summed E-state index contributed by atoms with van der Waals surface area (Å²) < 4.78 is 0. The van der Waals surface area contributed by atoms with Crippen molar-refractivity contribution >= 4 is 40.5 Å². The van der Waals surface area contributed by atoms with E-state index in [-0.39, 0.29) is 11.1 Å². The van der Waals surface area contributed by atoms with Gasteiger partial charge < -0.3 is 15.4 Å². The van der Waals surface area contributed by atoms with E-state index in [2.05, 4.69) is 10.3 Å². The number of aliphatic carboxylic acids is 1. The summed E-state index contributed by atoms with van der Waals surface area (Å²) in [5.41, 5.74) is 0.136. The average molecular weight is 369 g/mol. The zero-order chi connectivity index (χ0) is 18.7. The summed E-state index contributed by atoms with van der Waals surface area (Å²) in [7, 11) is 0. The fraction of sp³-hybridized carbons (Fsp3) is 0. The molecule has 0 aliphatic carbocycles. The number of aromatic nitrogens is 1. The van der Waals surface area contributed by atoms with Crippen LogP contribution in [-0.2, 0) is 4.79 Å².